The SMILES string of the molecule is CC(C)(CCCc1ccccc1)C(=O)N1CCC2CCC(C1)N2.Cl. The summed E-state index contributed by atoms with van der Waals surface area (Å²) >= 11 is 0. The fourth-order valence-electron chi connectivity index (χ4n) is 4.04. The maximum atomic E-state index is 13.0. The van der Waals surface area contributed by atoms with Crippen molar-refractivity contribution in [2.24, 2.45) is 5.41 Å². The lowest BCUT2D eigenvalue weighted by Gasteiger charge is -2.33. The van der Waals surface area contributed by atoms with Crippen LogP contribution >= 0.6 is 12.4 Å². The molecule has 3 rings (SSSR count). The number of nitrogens with zero attached hydrogens (tertiary/aromatic N) is 1. The van der Waals surface area contributed by atoms with E-state index in [1.54, 1.807) is 0 Å². The molecule has 2 aliphatic heterocycles. The van der Waals surface area contributed by atoms with Gasteiger partial charge in [-0.25, -0.2) is 0 Å². The molecule has 0 saturated carbocycles. The zero-order valence-corrected chi connectivity index (χ0v) is 15.8. The Morgan fingerprint density at radius 1 is 1.17 bits per heavy atom. The number of halogens is 1. The summed E-state index contributed by atoms with van der Waals surface area (Å²) in [5, 5.41) is 3.66. The van der Waals surface area contributed by atoms with Gasteiger partial charge in [0.15, 0.2) is 0 Å². The van der Waals surface area contributed by atoms with Crippen molar-refractivity contribution in [3.05, 3.63) is 35.9 Å². The second-order valence-corrected chi connectivity index (χ2v) is 7.90. The molecule has 1 amide bonds. The summed E-state index contributed by atoms with van der Waals surface area (Å²) in [6.45, 7) is 6.07. The van der Waals surface area contributed by atoms with Gasteiger partial charge >= 0.3 is 0 Å². The van der Waals surface area contributed by atoms with Crippen LogP contribution in [0.15, 0.2) is 30.3 Å². The lowest BCUT2D eigenvalue weighted by atomic mass is 9.84. The van der Waals surface area contributed by atoms with Crippen LogP contribution in [0.2, 0.25) is 0 Å². The largest absolute Gasteiger partial charge is 0.341 e. The van der Waals surface area contributed by atoms with E-state index in [4.69, 9.17) is 0 Å². The Labute approximate surface area is 152 Å². The highest BCUT2D eigenvalue weighted by Crippen LogP contribution is 2.29. The second kappa shape index (κ2) is 8.35. The third-order valence-electron chi connectivity index (χ3n) is 5.50. The van der Waals surface area contributed by atoms with Crippen molar-refractivity contribution in [3.8, 4) is 0 Å². The minimum absolute atomic E-state index is 0. The van der Waals surface area contributed by atoms with Crippen molar-refractivity contribution < 1.29 is 4.79 Å². The highest BCUT2D eigenvalue weighted by molar-refractivity contribution is 5.85. The number of likely N-dealkylation sites (tertiary alicyclic amines) is 1. The van der Waals surface area contributed by atoms with E-state index >= 15 is 0 Å². The van der Waals surface area contributed by atoms with Gasteiger partial charge in [0.1, 0.15) is 0 Å². The molecule has 134 valence electrons. The first-order valence-corrected chi connectivity index (χ1v) is 9.14. The van der Waals surface area contributed by atoms with Gasteiger partial charge in [0, 0.05) is 30.6 Å². The number of fused-ring (bicyclic) bond motifs is 2. The molecule has 3 nitrogen and oxygen atoms in total. The Morgan fingerprint density at radius 2 is 1.88 bits per heavy atom. The summed E-state index contributed by atoms with van der Waals surface area (Å²) in [7, 11) is 0. The average Bonchev–Trinajstić information content (AvgIpc) is 2.87. The number of hydrogen-bond donors (Lipinski definition) is 1. The van der Waals surface area contributed by atoms with Crippen molar-refractivity contribution in [3.63, 3.8) is 0 Å². The third-order valence-corrected chi connectivity index (χ3v) is 5.50. The molecule has 1 aromatic rings. The van der Waals surface area contributed by atoms with Crippen LogP contribution < -0.4 is 5.32 Å². The van der Waals surface area contributed by atoms with E-state index in [1.807, 2.05) is 0 Å². The molecule has 2 heterocycles. The number of aryl methyl sites for hydroxylation is 1. The summed E-state index contributed by atoms with van der Waals surface area (Å²) < 4.78 is 0. The first kappa shape index (κ1) is 19.3. The molecule has 0 radical (unpaired) electrons. The van der Waals surface area contributed by atoms with Crippen molar-refractivity contribution >= 4 is 18.3 Å². The summed E-state index contributed by atoms with van der Waals surface area (Å²) in [6, 6.07) is 11.7. The first-order chi connectivity index (χ1) is 11.0. The van der Waals surface area contributed by atoms with Gasteiger partial charge in [-0.3, -0.25) is 4.79 Å². The van der Waals surface area contributed by atoms with E-state index in [1.165, 1.54) is 18.4 Å². The van der Waals surface area contributed by atoms with Gasteiger partial charge in [-0.15, -0.1) is 12.4 Å². The molecule has 2 fully saturated rings. The minimum Gasteiger partial charge on any atom is -0.341 e. The molecule has 2 bridgehead atoms. The highest BCUT2D eigenvalue weighted by atomic mass is 35.5. The number of benzene rings is 1. The van der Waals surface area contributed by atoms with E-state index < -0.39 is 0 Å². The van der Waals surface area contributed by atoms with E-state index in [0.717, 1.165) is 38.8 Å². The van der Waals surface area contributed by atoms with Gasteiger partial charge in [0.25, 0.3) is 0 Å². The summed E-state index contributed by atoms with van der Waals surface area (Å²) in [5.41, 5.74) is 1.12. The van der Waals surface area contributed by atoms with Crippen LogP contribution in [0, 0.1) is 5.41 Å². The topological polar surface area (TPSA) is 32.3 Å². The summed E-state index contributed by atoms with van der Waals surface area (Å²) in [5.74, 6) is 0.347. The van der Waals surface area contributed by atoms with Crippen LogP contribution in [-0.4, -0.2) is 36.0 Å². The standard InChI is InChI=1S/C20H30N2O.ClH/c1-20(2,13-6-9-16-7-4-3-5-8-16)19(23)22-14-12-17-10-11-18(15-22)21-17;/h3-5,7-8,17-18,21H,6,9-15H2,1-2H3;1H. The molecule has 2 unspecified atom stereocenters. The fourth-order valence-corrected chi connectivity index (χ4v) is 4.04. The Morgan fingerprint density at radius 3 is 2.62 bits per heavy atom. The van der Waals surface area contributed by atoms with E-state index in [9.17, 15) is 4.79 Å². The number of carbonyl (C=O) groups is 1. The summed E-state index contributed by atoms with van der Waals surface area (Å²) in [6.07, 6.45) is 6.71. The Balaban J connectivity index is 0.00000208. The molecule has 2 saturated heterocycles. The van der Waals surface area contributed by atoms with Gasteiger partial charge in [0.2, 0.25) is 5.91 Å². The molecule has 0 aromatic heterocycles. The van der Waals surface area contributed by atoms with Crippen LogP contribution in [-0.2, 0) is 11.2 Å². The molecular weight excluding hydrogens is 320 g/mol. The van der Waals surface area contributed by atoms with Crippen LogP contribution in [0.5, 0.6) is 0 Å². The van der Waals surface area contributed by atoms with Crippen LogP contribution in [0.1, 0.15) is 51.5 Å². The number of carbonyl (C=O) groups excluding carboxylic acids is 1. The quantitative estimate of drug-likeness (QED) is 0.875. The maximum Gasteiger partial charge on any atom is 0.228 e. The Hall–Kier alpha value is -1.06. The molecule has 0 spiro atoms. The number of rotatable bonds is 5. The second-order valence-electron chi connectivity index (χ2n) is 7.90. The highest BCUT2D eigenvalue weighted by Gasteiger charge is 2.36. The number of nitrogens with one attached hydrogen (secondary N) is 1. The molecule has 1 N–H and O–H groups in total. The average molecular weight is 351 g/mol. The van der Waals surface area contributed by atoms with Gasteiger partial charge in [-0.2, -0.15) is 0 Å². The van der Waals surface area contributed by atoms with Gasteiger partial charge in [0.05, 0.1) is 0 Å². The molecule has 4 heteroatoms. The fraction of sp³-hybridized carbons (Fsp3) is 0.650. The van der Waals surface area contributed by atoms with E-state index in [-0.39, 0.29) is 17.8 Å². The smallest absolute Gasteiger partial charge is 0.228 e. The minimum atomic E-state index is -0.252. The predicted molar refractivity (Wildman–Crippen MR) is 102 cm³/mol. The third kappa shape index (κ3) is 4.73. The maximum absolute atomic E-state index is 13.0. The monoisotopic (exact) mass is 350 g/mol. The Bertz CT molecular complexity index is 532. The summed E-state index contributed by atoms with van der Waals surface area (Å²) in [4.78, 5) is 15.1. The molecule has 2 atom stereocenters. The van der Waals surface area contributed by atoms with Crippen LogP contribution in [0.25, 0.3) is 0 Å². The van der Waals surface area contributed by atoms with Gasteiger partial charge in [-0.05, 0) is 44.1 Å². The van der Waals surface area contributed by atoms with Crippen molar-refractivity contribution in [1.29, 1.82) is 0 Å². The van der Waals surface area contributed by atoms with Gasteiger partial charge in [-0.1, -0.05) is 44.2 Å². The normalized spacial score (nSPS) is 23.5. The number of hydrogen-bond acceptors (Lipinski definition) is 2. The zero-order chi connectivity index (χ0) is 16.3. The zero-order valence-electron chi connectivity index (χ0n) is 15.0. The predicted octanol–water partition coefficient (Wildman–Crippen LogP) is 3.81. The van der Waals surface area contributed by atoms with E-state index in [0.29, 0.717) is 18.0 Å². The lowest BCUT2D eigenvalue weighted by molar-refractivity contribution is -0.141. The molecular formula is C20H31ClN2O. The molecule has 24 heavy (non-hydrogen) atoms. The molecule has 0 aliphatic carbocycles. The number of amides is 1. The van der Waals surface area contributed by atoms with Crippen LogP contribution in [0.3, 0.4) is 0 Å². The Kier molecular flexibility index (Phi) is 6.70. The van der Waals surface area contributed by atoms with E-state index in [2.05, 4.69) is 54.4 Å². The van der Waals surface area contributed by atoms with Gasteiger partial charge < -0.3 is 10.2 Å². The van der Waals surface area contributed by atoms with Crippen LogP contribution in [0.4, 0.5) is 0 Å². The lowest BCUT2D eigenvalue weighted by Crippen LogP contribution is -2.45. The molecule has 2 aliphatic rings. The van der Waals surface area contributed by atoms with Crippen molar-refractivity contribution in [2.45, 2.75) is 64.5 Å². The molecule has 1 aromatic carbocycles. The van der Waals surface area contributed by atoms with Crippen molar-refractivity contribution in [1.82, 2.24) is 10.2 Å². The van der Waals surface area contributed by atoms with Crippen molar-refractivity contribution in [2.75, 3.05) is 13.1 Å². The first-order valence-electron chi connectivity index (χ1n) is 9.14.